The van der Waals surface area contributed by atoms with Crippen molar-refractivity contribution in [3.8, 4) is 0 Å². The van der Waals surface area contributed by atoms with Crippen LogP contribution in [0, 0.1) is 0 Å². The second-order valence-corrected chi connectivity index (χ2v) is 4.94. The van der Waals surface area contributed by atoms with Crippen molar-refractivity contribution in [1.29, 1.82) is 0 Å². The lowest BCUT2D eigenvalue weighted by molar-refractivity contribution is -0.121. The molecule has 94 valence electrons. The SMILES string of the molecule is CCCC(C)NC(=O)CNCC1(O)CCC1. The zero-order chi connectivity index (χ0) is 12.0. The minimum absolute atomic E-state index is 0.0175. The Kier molecular flexibility index (Phi) is 5.22. The summed E-state index contributed by atoms with van der Waals surface area (Å²) in [5.41, 5.74) is -0.546. The molecule has 0 aromatic carbocycles. The van der Waals surface area contributed by atoms with Gasteiger partial charge in [0, 0.05) is 12.6 Å². The number of aliphatic hydroxyl groups is 1. The highest BCUT2D eigenvalue weighted by atomic mass is 16.3. The van der Waals surface area contributed by atoms with Gasteiger partial charge in [-0.25, -0.2) is 0 Å². The third kappa shape index (κ3) is 4.49. The Morgan fingerprint density at radius 3 is 2.69 bits per heavy atom. The van der Waals surface area contributed by atoms with Gasteiger partial charge in [0.1, 0.15) is 0 Å². The zero-order valence-corrected chi connectivity index (χ0v) is 10.4. The van der Waals surface area contributed by atoms with Crippen molar-refractivity contribution in [2.45, 2.75) is 57.6 Å². The van der Waals surface area contributed by atoms with Crippen LogP contribution in [-0.4, -0.2) is 35.7 Å². The largest absolute Gasteiger partial charge is 0.389 e. The highest BCUT2D eigenvalue weighted by molar-refractivity contribution is 5.78. The van der Waals surface area contributed by atoms with Crippen LogP contribution in [0.25, 0.3) is 0 Å². The molecule has 4 nitrogen and oxygen atoms in total. The van der Waals surface area contributed by atoms with Crippen molar-refractivity contribution < 1.29 is 9.90 Å². The van der Waals surface area contributed by atoms with Gasteiger partial charge in [0.05, 0.1) is 12.1 Å². The van der Waals surface area contributed by atoms with E-state index in [0.717, 1.165) is 32.1 Å². The lowest BCUT2D eigenvalue weighted by atomic mass is 9.80. The van der Waals surface area contributed by atoms with Gasteiger partial charge in [0.15, 0.2) is 0 Å². The van der Waals surface area contributed by atoms with Gasteiger partial charge >= 0.3 is 0 Å². The fourth-order valence-corrected chi connectivity index (χ4v) is 2.00. The van der Waals surface area contributed by atoms with Crippen molar-refractivity contribution >= 4 is 5.91 Å². The smallest absolute Gasteiger partial charge is 0.234 e. The standard InChI is InChI=1S/C12H24N2O2/c1-3-5-10(2)14-11(15)8-13-9-12(16)6-4-7-12/h10,13,16H,3-9H2,1-2H3,(H,14,15). The van der Waals surface area contributed by atoms with Gasteiger partial charge in [-0.3, -0.25) is 4.79 Å². The summed E-state index contributed by atoms with van der Waals surface area (Å²) in [6.07, 6.45) is 4.89. The molecule has 0 heterocycles. The number of carbonyl (C=O) groups is 1. The predicted octanol–water partition coefficient (Wildman–Crippen LogP) is 0.796. The van der Waals surface area contributed by atoms with Crippen LogP contribution in [0.2, 0.25) is 0 Å². The van der Waals surface area contributed by atoms with E-state index >= 15 is 0 Å². The maximum Gasteiger partial charge on any atom is 0.234 e. The molecule has 0 saturated heterocycles. The fourth-order valence-electron chi connectivity index (χ4n) is 2.00. The van der Waals surface area contributed by atoms with E-state index in [0.29, 0.717) is 13.1 Å². The molecule has 1 aliphatic carbocycles. The molecule has 1 amide bonds. The van der Waals surface area contributed by atoms with E-state index in [1.807, 2.05) is 6.92 Å². The van der Waals surface area contributed by atoms with Gasteiger partial charge in [-0.1, -0.05) is 13.3 Å². The van der Waals surface area contributed by atoms with Gasteiger partial charge in [0.25, 0.3) is 0 Å². The molecular weight excluding hydrogens is 204 g/mol. The van der Waals surface area contributed by atoms with Crippen molar-refractivity contribution in [2.24, 2.45) is 0 Å². The maximum atomic E-state index is 11.5. The zero-order valence-electron chi connectivity index (χ0n) is 10.4. The summed E-state index contributed by atoms with van der Waals surface area (Å²) < 4.78 is 0. The van der Waals surface area contributed by atoms with Crippen LogP contribution in [0.15, 0.2) is 0 Å². The Hall–Kier alpha value is -0.610. The summed E-state index contributed by atoms with van der Waals surface area (Å²) in [7, 11) is 0. The number of hydrogen-bond donors (Lipinski definition) is 3. The van der Waals surface area contributed by atoms with E-state index < -0.39 is 5.60 Å². The molecule has 1 atom stereocenters. The number of rotatable bonds is 7. The van der Waals surface area contributed by atoms with E-state index in [1.165, 1.54) is 0 Å². The Morgan fingerprint density at radius 1 is 1.50 bits per heavy atom. The fraction of sp³-hybridized carbons (Fsp3) is 0.917. The van der Waals surface area contributed by atoms with Crippen LogP contribution < -0.4 is 10.6 Å². The van der Waals surface area contributed by atoms with E-state index in [1.54, 1.807) is 0 Å². The average molecular weight is 228 g/mol. The molecule has 1 rings (SSSR count). The Bertz CT molecular complexity index is 227. The van der Waals surface area contributed by atoms with E-state index in [4.69, 9.17) is 0 Å². The molecule has 0 radical (unpaired) electrons. The third-order valence-electron chi connectivity index (χ3n) is 3.15. The van der Waals surface area contributed by atoms with Crippen molar-refractivity contribution in [1.82, 2.24) is 10.6 Å². The summed E-state index contributed by atoms with van der Waals surface area (Å²) in [4.78, 5) is 11.5. The van der Waals surface area contributed by atoms with Gasteiger partial charge < -0.3 is 15.7 Å². The summed E-state index contributed by atoms with van der Waals surface area (Å²) in [5, 5.41) is 15.7. The van der Waals surface area contributed by atoms with Crippen LogP contribution in [0.1, 0.15) is 46.0 Å². The molecule has 1 aliphatic rings. The average Bonchev–Trinajstić information content (AvgIpc) is 2.15. The van der Waals surface area contributed by atoms with Crippen molar-refractivity contribution in [2.75, 3.05) is 13.1 Å². The van der Waals surface area contributed by atoms with Crippen molar-refractivity contribution in [3.63, 3.8) is 0 Å². The molecular formula is C12H24N2O2. The first-order valence-electron chi connectivity index (χ1n) is 6.28. The van der Waals surface area contributed by atoms with Crippen LogP contribution >= 0.6 is 0 Å². The molecule has 0 aromatic rings. The van der Waals surface area contributed by atoms with Crippen LogP contribution in [-0.2, 0) is 4.79 Å². The van der Waals surface area contributed by atoms with E-state index in [2.05, 4.69) is 17.6 Å². The monoisotopic (exact) mass is 228 g/mol. The molecule has 1 fully saturated rings. The van der Waals surface area contributed by atoms with Crippen LogP contribution in [0.3, 0.4) is 0 Å². The Labute approximate surface area is 97.8 Å². The lowest BCUT2D eigenvalue weighted by Crippen LogP contribution is -2.49. The summed E-state index contributed by atoms with van der Waals surface area (Å²) >= 11 is 0. The summed E-state index contributed by atoms with van der Waals surface area (Å²) in [6, 6.07) is 0.242. The number of nitrogens with one attached hydrogen (secondary N) is 2. The quantitative estimate of drug-likeness (QED) is 0.604. The number of amides is 1. The molecule has 0 bridgehead atoms. The van der Waals surface area contributed by atoms with Crippen molar-refractivity contribution in [3.05, 3.63) is 0 Å². The van der Waals surface area contributed by atoms with E-state index in [-0.39, 0.29) is 11.9 Å². The molecule has 1 unspecified atom stereocenters. The maximum absolute atomic E-state index is 11.5. The topological polar surface area (TPSA) is 61.4 Å². The number of hydrogen-bond acceptors (Lipinski definition) is 3. The highest BCUT2D eigenvalue weighted by Crippen LogP contribution is 2.30. The van der Waals surface area contributed by atoms with Gasteiger partial charge in [0.2, 0.25) is 5.91 Å². The minimum Gasteiger partial charge on any atom is -0.389 e. The number of carbonyl (C=O) groups excluding carboxylic acids is 1. The normalized spacial score (nSPS) is 19.9. The summed E-state index contributed by atoms with van der Waals surface area (Å²) in [5.74, 6) is 0.0175. The third-order valence-corrected chi connectivity index (χ3v) is 3.15. The van der Waals surface area contributed by atoms with Crippen LogP contribution in [0.5, 0.6) is 0 Å². The first kappa shape index (κ1) is 13.5. The van der Waals surface area contributed by atoms with Crippen LogP contribution in [0.4, 0.5) is 0 Å². The second-order valence-electron chi connectivity index (χ2n) is 4.94. The highest BCUT2D eigenvalue weighted by Gasteiger charge is 2.33. The van der Waals surface area contributed by atoms with Gasteiger partial charge in [-0.2, -0.15) is 0 Å². The predicted molar refractivity (Wildman–Crippen MR) is 64.2 cm³/mol. The molecule has 3 N–H and O–H groups in total. The summed E-state index contributed by atoms with van der Waals surface area (Å²) in [6.45, 7) is 4.95. The van der Waals surface area contributed by atoms with E-state index in [9.17, 15) is 9.90 Å². The minimum atomic E-state index is -0.546. The Morgan fingerprint density at radius 2 is 2.19 bits per heavy atom. The van der Waals surface area contributed by atoms with Gasteiger partial charge in [-0.15, -0.1) is 0 Å². The molecule has 1 saturated carbocycles. The molecule has 0 aromatic heterocycles. The Balaban J connectivity index is 2.05. The second kappa shape index (κ2) is 6.21. The molecule has 0 spiro atoms. The molecule has 0 aliphatic heterocycles. The molecule has 4 heteroatoms. The van der Waals surface area contributed by atoms with Gasteiger partial charge in [-0.05, 0) is 32.6 Å². The molecule has 16 heavy (non-hydrogen) atoms. The first-order chi connectivity index (χ1) is 7.56. The first-order valence-corrected chi connectivity index (χ1v) is 6.28. The lowest BCUT2D eigenvalue weighted by Gasteiger charge is -2.36.